The Kier molecular flexibility index (Phi) is 3.40. The van der Waals surface area contributed by atoms with Gasteiger partial charge in [-0.1, -0.05) is 0 Å². The summed E-state index contributed by atoms with van der Waals surface area (Å²) in [6, 6.07) is 0. The van der Waals surface area contributed by atoms with Crippen LogP contribution in [-0.2, 0) is 9.59 Å². The van der Waals surface area contributed by atoms with Gasteiger partial charge in [0, 0.05) is 37.3 Å². The van der Waals surface area contributed by atoms with Gasteiger partial charge in [-0.2, -0.15) is 0 Å². The van der Waals surface area contributed by atoms with E-state index >= 15 is 0 Å². The highest BCUT2D eigenvalue weighted by molar-refractivity contribution is 6.24. The molecule has 0 saturated carbocycles. The number of carbonyl (C=O) groups is 2. The first-order chi connectivity index (χ1) is 9.61. The lowest BCUT2D eigenvalue weighted by molar-refractivity contribution is -0.118. The molecule has 2 heterocycles. The summed E-state index contributed by atoms with van der Waals surface area (Å²) in [5, 5.41) is 0. The number of ketones is 2. The van der Waals surface area contributed by atoms with Gasteiger partial charge in [0.25, 0.3) is 0 Å². The smallest absolute Gasteiger partial charge is 0.207 e. The van der Waals surface area contributed by atoms with Gasteiger partial charge in [0.2, 0.25) is 11.6 Å². The molecular weight excluding hydrogens is 252 g/mol. The number of allylic oxidation sites excluding steroid dienone is 2. The maximum atomic E-state index is 12.7. The zero-order valence-electron chi connectivity index (χ0n) is 12.4. The maximum Gasteiger partial charge on any atom is 0.207 e. The second-order valence-electron chi connectivity index (χ2n) is 5.99. The van der Waals surface area contributed by atoms with Crippen LogP contribution < -0.4 is 0 Å². The molecule has 0 atom stereocenters. The van der Waals surface area contributed by atoms with Crippen LogP contribution in [0.1, 0.15) is 39.5 Å². The Bertz CT molecular complexity index is 471. The van der Waals surface area contributed by atoms with Crippen LogP contribution in [0.4, 0.5) is 0 Å². The van der Waals surface area contributed by atoms with Crippen LogP contribution in [0.25, 0.3) is 0 Å². The Balaban J connectivity index is 1.97. The Morgan fingerprint density at radius 3 is 1.25 bits per heavy atom. The van der Waals surface area contributed by atoms with Crippen molar-refractivity contribution in [2.45, 2.75) is 39.5 Å². The van der Waals surface area contributed by atoms with Crippen LogP contribution in [0.15, 0.2) is 22.5 Å². The molecule has 108 valence electrons. The fraction of sp³-hybridized carbons (Fsp3) is 0.625. The number of hydrogen-bond donors (Lipinski definition) is 0. The number of carbonyl (C=O) groups excluding carboxylic acids is 2. The first-order valence-electron chi connectivity index (χ1n) is 7.62. The van der Waals surface area contributed by atoms with E-state index in [0.29, 0.717) is 22.5 Å². The first-order valence-corrected chi connectivity index (χ1v) is 7.62. The van der Waals surface area contributed by atoms with Crippen molar-refractivity contribution >= 4 is 11.6 Å². The highest BCUT2D eigenvalue weighted by Crippen LogP contribution is 2.31. The van der Waals surface area contributed by atoms with Crippen molar-refractivity contribution in [3.05, 3.63) is 22.5 Å². The second-order valence-corrected chi connectivity index (χ2v) is 5.99. The summed E-state index contributed by atoms with van der Waals surface area (Å²) in [6.07, 6.45) is 4.44. The minimum atomic E-state index is 0.0610. The lowest BCUT2D eigenvalue weighted by atomic mass is 9.91. The fourth-order valence-corrected chi connectivity index (χ4v) is 3.55. The maximum absolute atomic E-state index is 12.7. The van der Waals surface area contributed by atoms with Gasteiger partial charge in [0.05, 0.1) is 11.4 Å². The van der Waals surface area contributed by atoms with Crippen molar-refractivity contribution in [3.8, 4) is 0 Å². The summed E-state index contributed by atoms with van der Waals surface area (Å²) in [4.78, 5) is 29.6. The van der Waals surface area contributed by atoms with Crippen LogP contribution in [0, 0.1) is 0 Å². The molecule has 0 N–H and O–H groups in total. The van der Waals surface area contributed by atoms with Gasteiger partial charge < -0.3 is 9.80 Å². The highest BCUT2D eigenvalue weighted by atomic mass is 16.1. The third-order valence-electron chi connectivity index (χ3n) is 4.67. The van der Waals surface area contributed by atoms with E-state index in [0.717, 1.165) is 51.9 Å². The van der Waals surface area contributed by atoms with E-state index in [9.17, 15) is 9.59 Å². The first kappa shape index (κ1) is 13.4. The zero-order valence-corrected chi connectivity index (χ0v) is 12.4. The summed E-state index contributed by atoms with van der Waals surface area (Å²) in [6.45, 7) is 7.24. The Hall–Kier alpha value is -1.58. The molecule has 4 nitrogen and oxygen atoms in total. The molecule has 3 aliphatic rings. The minimum Gasteiger partial charge on any atom is -0.368 e. The van der Waals surface area contributed by atoms with E-state index in [1.807, 2.05) is 13.8 Å². The van der Waals surface area contributed by atoms with Crippen molar-refractivity contribution in [1.29, 1.82) is 0 Å². The van der Waals surface area contributed by atoms with E-state index < -0.39 is 0 Å². The topological polar surface area (TPSA) is 40.6 Å². The quantitative estimate of drug-likeness (QED) is 0.721. The normalized spacial score (nSPS) is 24.5. The van der Waals surface area contributed by atoms with E-state index in [2.05, 4.69) is 9.80 Å². The molecule has 0 aromatic heterocycles. The second kappa shape index (κ2) is 5.08. The van der Waals surface area contributed by atoms with Gasteiger partial charge in [0.15, 0.2) is 0 Å². The lowest BCUT2D eigenvalue weighted by Crippen LogP contribution is -2.37. The molecule has 0 unspecified atom stereocenters. The molecule has 0 aromatic rings. The molecule has 4 heteroatoms. The predicted molar refractivity (Wildman–Crippen MR) is 77.0 cm³/mol. The van der Waals surface area contributed by atoms with E-state index in [1.165, 1.54) is 0 Å². The van der Waals surface area contributed by atoms with Gasteiger partial charge in [-0.25, -0.2) is 0 Å². The minimum absolute atomic E-state index is 0.0610. The number of hydrogen-bond acceptors (Lipinski definition) is 4. The van der Waals surface area contributed by atoms with E-state index in [1.54, 1.807) is 0 Å². The van der Waals surface area contributed by atoms with Crippen molar-refractivity contribution in [1.82, 2.24) is 9.80 Å². The molecular formula is C16H22N2O2. The van der Waals surface area contributed by atoms with Crippen LogP contribution in [0.2, 0.25) is 0 Å². The van der Waals surface area contributed by atoms with Gasteiger partial charge >= 0.3 is 0 Å². The van der Waals surface area contributed by atoms with Gasteiger partial charge in [-0.3, -0.25) is 9.59 Å². The van der Waals surface area contributed by atoms with E-state index in [-0.39, 0.29) is 11.6 Å². The lowest BCUT2D eigenvalue weighted by Gasteiger charge is -2.31. The molecule has 0 radical (unpaired) electrons. The third kappa shape index (κ3) is 1.98. The van der Waals surface area contributed by atoms with Crippen LogP contribution >= 0.6 is 0 Å². The number of nitrogens with zero attached hydrogens (tertiary/aromatic N) is 2. The van der Waals surface area contributed by atoms with Crippen molar-refractivity contribution in [3.63, 3.8) is 0 Å². The van der Waals surface area contributed by atoms with Gasteiger partial charge in [0.1, 0.15) is 0 Å². The molecule has 3 rings (SSSR count). The van der Waals surface area contributed by atoms with Crippen molar-refractivity contribution < 1.29 is 9.59 Å². The average molecular weight is 274 g/mol. The standard InChI is InChI=1S/C16H22N2O2/c1-11-13(17-7-3-4-8-17)16(20)12(2)14(15(11)19)18-9-5-6-10-18/h3-10H2,1-2H3. The molecule has 2 fully saturated rings. The highest BCUT2D eigenvalue weighted by Gasteiger charge is 2.36. The predicted octanol–water partition coefficient (Wildman–Crippen LogP) is 1.88. The third-order valence-corrected chi connectivity index (χ3v) is 4.67. The molecule has 20 heavy (non-hydrogen) atoms. The number of rotatable bonds is 2. The number of likely N-dealkylation sites (tertiary alicyclic amines) is 2. The molecule has 0 spiro atoms. The molecule has 0 bridgehead atoms. The van der Waals surface area contributed by atoms with E-state index in [4.69, 9.17) is 0 Å². The monoisotopic (exact) mass is 274 g/mol. The van der Waals surface area contributed by atoms with Gasteiger partial charge in [-0.15, -0.1) is 0 Å². The molecule has 2 saturated heterocycles. The van der Waals surface area contributed by atoms with Crippen LogP contribution in [-0.4, -0.2) is 47.5 Å². The summed E-state index contributed by atoms with van der Waals surface area (Å²) < 4.78 is 0. The van der Waals surface area contributed by atoms with Crippen LogP contribution in [0.3, 0.4) is 0 Å². The molecule has 0 aromatic carbocycles. The molecule has 1 aliphatic carbocycles. The Morgan fingerprint density at radius 2 is 0.950 bits per heavy atom. The largest absolute Gasteiger partial charge is 0.368 e. The molecule has 2 aliphatic heterocycles. The Labute approximate surface area is 120 Å². The van der Waals surface area contributed by atoms with Crippen molar-refractivity contribution in [2.24, 2.45) is 0 Å². The fourth-order valence-electron chi connectivity index (χ4n) is 3.55. The van der Waals surface area contributed by atoms with Crippen LogP contribution in [0.5, 0.6) is 0 Å². The summed E-state index contributed by atoms with van der Waals surface area (Å²) in [5.41, 5.74) is 2.61. The SMILES string of the molecule is CC1=C(N2CCCC2)C(=O)C(C)=C(N2CCCC2)C1=O. The zero-order chi connectivity index (χ0) is 14.3. The summed E-state index contributed by atoms with van der Waals surface area (Å²) in [7, 11) is 0. The summed E-state index contributed by atoms with van der Waals surface area (Å²) in [5.74, 6) is 0.122. The Morgan fingerprint density at radius 1 is 0.650 bits per heavy atom. The van der Waals surface area contributed by atoms with Crippen molar-refractivity contribution in [2.75, 3.05) is 26.2 Å². The molecule has 0 amide bonds. The number of Topliss-reactive ketones (excluding diaryl/α,β-unsaturated/α-hetero) is 2. The van der Waals surface area contributed by atoms with Gasteiger partial charge in [-0.05, 0) is 39.5 Å². The average Bonchev–Trinajstić information content (AvgIpc) is 3.10. The summed E-state index contributed by atoms with van der Waals surface area (Å²) >= 11 is 0.